The van der Waals surface area contributed by atoms with Crippen molar-refractivity contribution in [2.75, 3.05) is 7.11 Å². The van der Waals surface area contributed by atoms with E-state index in [0.717, 1.165) is 76.1 Å². The van der Waals surface area contributed by atoms with Crippen LogP contribution in [0.5, 0.6) is 5.75 Å². The van der Waals surface area contributed by atoms with Crippen molar-refractivity contribution in [3.05, 3.63) is 151 Å². The number of pyridine rings is 1. The number of rotatable bonds is 5. The molecule has 0 aliphatic heterocycles. The SMILES string of the molecule is COc1ccc2c(ccc3c(-c4cccc(P(=O)(c5ccccc5)c5ccccc5)c4)c4ccc5cc(C)ccc5c4nc32)c1. The normalized spacial score (nSPS) is 11.9. The highest BCUT2D eigenvalue weighted by atomic mass is 31.2. The van der Waals surface area contributed by atoms with Crippen LogP contribution in [0.3, 0.4) is 0 Å². The zero-order chi connectivity index (χ0) is 30.5. The summed E-state index contributed by atoms with van der Waals surface area (Å²) in [5.74, 6) is 0.814. The smallest absolute Gasteiger partial charge is 0.171 e. The van der Waals surface area contributed by atoms with Gasteiger partial charge in [-0.1, -0.05) is 127 Å². The van der Waals surface area contributed by atoms with Gasteiger partial charge in [-0.25, -0.2) is 4.98 Å². The monoisotopic (exact) mass is 599 g/mol. The minimum absolute atomic E-state index is 0.803. The molecular formula is C41H30NO2P. The Hall–Kier alpha value is -5.24. The van der Waals surface area contributed by atoms with Crippen molar-refractivity contribution in [1.82, 2.24) is 4.98 Å². The molecule has 0 radical (unpaired) electrons. The predicted molar refractivity (Wildman–Crippen MR) is 190 cm³/mol. The first-order valence-corrected chi connectivity index (χ1v) is 16.8. The van der Waals surface area contributed by atoms with E-state index in [9.17, 15) is 0 Å². The summed E-state index contributed by atoms with van der Waals surface area (Å²) in [7, 11) is -1.48. The van der Waals surface area contributed by atoms with Gasteiger partial charge in [-0.3, -0.25) is 0 Å². The van der Waals surface area contributed by atoms with Crippen LogP contribution >= 0.6 is 7.14 Å². The van der Waals surface area contributed by atoms with Gasteiger partial charge in [-0.2, -0.15) is 0 Å². The molecule has 0 aliphatic carbocycles. The first-order chi connectivity index (χ1) is 22.0. The Kier molecular flexibility index (Phi) is 6.52. The number of hydrogen-bond donors (Lipinski definition) is 0. The molecule has 0 unspecified atom stereocenters. The Labute approximate surface area is 262 Å². The zero-order valence-corrected chi connectivity index (χ0v) is 26.0. The van der Waals surface area contributed by atoms with Crippen LogP contribution in [0.1, 0.15) is 5.56 Å². The fraction of sp³-hybridized carbons (Fsp3) is 0.0488. The maximum Gasteiger partial charge on any atom is 0.171 e. The minimum atomic E-state index is -3.17. The number of methoxy groups -OCH3 is 1. The molecule has 7 aromatic carbocycles. The molecule has 0 N–H and O–H groups in total. The summed E-state index contributed by atoms with van der Waals surface area (Å²) in [4.78, 5) is 5.38. The highest BCUT2D eigenvalue weighted by Crippen LogP contribution is 2.45. The molecule has 0 bridgehead atoms. The minimum Gasteiger partial charge on any atom is -0.497 e. The number of benzene rings is 7. The van der Waals surface area contributed by atoms with Crippen LogP contribution in [0, 0.1) is 6.92 Å². The molecule has 0 aliphatic rings. The zero-order valence-electron chi connectivity index (χ0n) is 25.1. The topological polar surface area (TPSA) is 39.2 Å². The molecular weight excluding hydrogens is 569 g/mol. The molecule has 216 valence electrons. The standard InChI is InChI=1S/C41H30NO2P/c1-27-16-20-35-28(24-27)17-21-37-39(38-22-18-29-25-31(44-2)19-23-36(29)41(38)42-40(35)37)30-10-9-15-34(26-30)45(43,32-11-5-3-6-12-32)33-13-7-4-8-14-33/h3-26H,1-2H3. The first kappa shape index (κ1) is 27.3. The van der Waals surface area contributed by atoms with E-state index >= 15 is 4.57 Å². The molecule has 3 nitrogen and oxygen atoms in total. The number of aromatic nitrogens is 1. The second kappa shape index (κ2) is 10.7. The molecule has 1 heterocycles. The molecule has 1 aromatic heterocycles. The fourth-order valence-corrected chi connectivity index (χ4v) is 9.34. The Bertz CT molecular complexity index is 2410. The van der Waals surface area contributed by atoms with Crippen molar-refractivity contribution in [2.45, 2.75) is 6.92 Å². The molecule has 0 saturated carbocycles. The second-order valence-electron chi connectivity index (χ2n) is 11.6. The molecule has 4 heteroatoms. The lowest BCUT2D eigenvalue weighted by Gasteiger charge is -2.21. The van der Waals surface area contributed by atoms with E-state index < -0.39 is 7.14 Å². The molecule has 0 saturated heterocycles. The van der Waals surface area contributed by atoms with Crippen molar-refractivity contribution in [3.8, 4) is 16.9 Å². The molecule has 0 atom stereocenters. The van der Waals surface area contributed by atoms with E-state index in [1.54, 1.807) is 7.11 Å². The van der Waals surface area contributed by atoms with Crippen LogP contribution in [0.25, 0.3) is 54.5 Å². The van der Waals surface area contributed by atoms with Gasteiger partial charge in [0.05, 0.1) is 18.1 Å². The summed E-state index contributed by atoms with van der Waals surface area (Å²) in [6, 6.07) is 49.4. The van der Waals surface area contributed by atoms with Crippen molar-refractivity contribution in [1.29, 1.82) is 0 Å². The lowest BCUT2D eigenvalue weighted by molar-refractivity contribution is 0.415. The van der Waals surface area contributed by atoms with E-state index in [2.05, 4.69) is 73.7 Å². The van der Waals surface area contributed by atoms with Crippen molar-refractivity contribution in [2.24, 2.45) is 0 Å². The van der Waals surface area contributed by atoms with Gasteiger partial charge in [-0.05, 0) is 47.5 Å². The van der Waals surface area contributed by atoms with Gasteiger partial charge in [0.1, 0.15) is 5.75 Å². The Morgan fingerprint density at radius 1 is 0.533 bits per heavy atom. The number of nitrogens with zero attached hydrogens (tertiary/aromatic N) is 1. The van der Waals surface area contributed by atoms with Gasteiger partial charge in [-0.15, -0.1) is 0 Å². The van der Waals surface area contributed by atoms with E-state index in [-0.39, 0.29) is 0 Å². The average Bonchev–Trinajstić information content (AvgIpc) is 3.10. The van der Waals surface area contributed by atoms with Gasteiger partial charge < -0.3 is 9.30 Å². The highest BCUT2D eigenvalue weighted by molar-refractivity contribution is 7.85. The van der Waals surface area contributed by atoms with Crippen molar-refractivity contribution < 1.29 is 9.30 Å². The van der Waals surface area contributed by atoms with Crippen LogP contribution in [-0.4, -0.2) is 12.1 Å². The van der Waals surface area contributed by atoms with E-state index in [1.807, 2.05) is 78.9 Å². The summed E-state index contributed by atoms with van der Waals surface area (Å²) < 4.78 is 20.9. The van der Waals surface area contributed by atoms with Crippen LogP contribution < -0.4 is 20.7 Å². The number of hydrogen-bond acceptors (Lipinski definition) is 3. The van der Waals surface area contributed by atoms with Gasteiger partial charge in [0.25, 0.3) is 0 Å². The van der Waals surface area contributed by atoms with Crippen LogP contribution in [0.4, 0.5) is 0 Å². The Morgan fingerprint density at radius 2 is 1.09 bits per heavy atom. The van der Waals surface area contributed by atoms with Crippen LogP contribution in [-0.2, 0) is 4.57 Å². The number of aryl methyl sites for hydroxylation is 1. The third kappa shape index (κ3) is 4.43. The molecule has 8 aromatic rings. The van der Waals surface area contributed by atoms with E-state index in [4.69, 9.17) is 9.72 Å². The summed E-state index contributed by atoms with van der Waals surface area (Å²) in [6.07, 6.45) is 0. The Balaban J connectivity index is 1.47. The maximum atomic E-state index is 15.3. The summed E-state index contributed by atoms with van der Waals surface area (Å²) in [5.41, 5.74) is 5.20. The van der Waals surface area contributed by atoms with Crippen molar-refractivity contribution >= 4 is 66.4 Å². The van der Waals surface area contributed by atoms with Gasteiger partial charge in [0.15, 0.2) is 7.14 Å². The molecule has 0 amide bonds. The third-order valence-electron chi connectivity index (χ3n) is 8.85. The van der Waals surface area contributed by atoms with Crippen LogP contribution in [0.2, 0.25) is 0 Å². The van der Waals surface area contributed by atoms with E-state index in [1.165, 1.54) is 5.56 Å². The molecule has 0 fully saturated rings. The summed E-state index contributed by atoms with van der Waals surface area (Å²) >= 11 is 0. The van der Waals surface area contributed by atoms with E-state index in [0.29, 0.717) is 0 Å². The summed E-state index contributed by atoms with van der Waals surface area (Å²) in [6.45, 7) is 2.12. The van der Waals surface area contributed by atoms with Gasteiger partial charge in [0.2, 0.25) is 0 Å². The Morgan fingerprint density at radius 3 is 1.71 bits per heavy atom. The molecule has 0 spiro atoms. The largest absolute Gasteiger partial charge is 0.497 e. The lowest BCUT2D eigenvalue weighted by atomic mass is 9.92. The average molecular weight is 600 g/mol. The first-order valence-electron chi connectivity index (χ1n) is 15.1. The highest BCUT2D eigenvalue weighted by Gasteiger charge is 2.30. The third-order valence-corrected chi connectivity index (χ3v) is 11.9. The molecule has 45 heavy (non-hydrogen) atoms. The number of fused-ring (bicyclic) bond motifs is 6. The van der Waals surface area contributed by atoms with Crippen molar-refractivity contribution in [3.63, 3.8) is 0 Å². The fourth-order valence-electron chi connectivity index (χ4n) is 6.64. The quantitative estimate of drug-likeness (QED) is 0.112. The van der Waals surface area contributed by atoms with Gasteiger partial charge >= 0.3 is 0 Å². The second-order valence-corrected chi connectivity index (χ2v) is 14.3. The van der Waals surface area contributed by atoms with Crippen LogP contribution in [0.15, 0.2) is 146 Å². The number of ether oxygens (including phenoxy) is 1. The lowest BCUT2D eigenvalue weighted by Crippen LogP contribution is -2.25. The molecule has 8 rings (SSSR count). The maximum absolute atomic E-state index is 15.3. The van der Waals surface area contributed by atoms with Gasteiger partial charge in [0, 0.05) is 43.0 Å². The predicted octanol–water partition coefficient (Wildman–Crippen LogP) is 9.32. The summed E-state index contributed by atoms with van der Waals surface area (Å²) in [5, 5.41) is 8.97.